The number of benzene rings is 1. The minimum absolute atomic E-state index is 0.0716. The van der Waals surface area contributed by atoms with E-state index in [4.69, 9.17) is 0 Å². The van der Waals surface area contributed by atoms with E-state index < -0.39 is 0 Å². The lowest BCUT2D eigenvalue weighted by Gasteiger charge is -2.28. The Hall–Kier alpha value is -1.09. The Morgan fingerprint density at radius 1 is 1.29 bits per heavy atom. The van der Waals surface area contributed by atoms with Crippen molar-refractivity contribution in [1.82, 2.24) is 4.98 Å². The van der Waals surface area contributed by atoms with Gasteiger partial charge in [0, 0.05) is 33.1 Å². The van der Waals surface area contributed by atoms with Crippen LogP contribution >= 0.6 is 15.9 Å². The Morgan fingerprint density at radius 3 is 2.82 bits per heavy atom. The highest BCUT2D eigenvalue weighted by Crippen LogP contribution is 2.38. The number of nitrogens with one attached hydrogen (secondary N) is 1. The molecule has 0 aliphatic heterocycles. The molecule has 0 atom stereocenters. The first-order valence-electron chi connectivity index (χ1n) is 5.80. The SMILES string of the molecule is CC1(C)CC(=O)c2c([nH]c3ccc(Br)cc23)C1. The minimum Gasteiger partial charge on any atom is -0.358 e. The van der Waals surface area contributed by atoms with Gasteiger partial charge in [0.15, 0.2) is 5.78 Å². The summed E-state index contributed by atoms with van der Waals surface area (Å²) in [4.78, 5) is 15.6. The van der Waals surface area contributed by atoms with Gasteiger partial charge in [-0.1, -0.05) is 29.8 Å². The number of aromatic amines is 1. The fourth-order valence-electron chi connectivity index (χ4n) is 2.74. The first-order chi connectivity index (χ1) is 7.96. The monoisotopic (exact) mass is 291 g/mol. The number of hydrogen-bond acceptors (Lipinski definition) is 1. The second-order valence-electron chi connectivity index (χ2n) is 5.61. The van der Waals surface area contributed by atoms with Crippen molar-refractivity contribution in [2.45, 2.75) is 26.7 Å². The molecule has 2 nitrogen and oxygen atoms in total. The van der Waals surface area contributed by atoms with Gasteiger partial charge in [-0.05, 0) is 30.0 Å². The van der Waals surface area contributed by atoms with Crippen LogP contribution in [0, 0.1) is 5.41 Å². The molecule has 3 heteroatoms. The van der Waals surface area contributed by atoms with Crippen molar-refractivity contribution in [3.05, 3.63) is 33.9 Å². The molecule has 1 aromatic carbocycles. The summed E-state index contributed by atoms with van der Waals surface area (Å²) in [6.07, 6.45) is 1.58. The molecule has 0 fully saturated rings. The molecule has 0 saturated heterocycles. The molecule has 1 N–H and O–H groups in total. The van der Waals surface area contributed by atoms with Crippen LogP contribution in [-0.4, -0.2) is 10.8 Å². The molecule has 88 valence electrons. The molecule has 1 heterocycles. The summed E-state index contributed by atoms with van der Waals surface area (Å²) < 4.78 is 1.02. The van der Waals surface area contributed by atoms with Crippen molar-refractivity contribution in [1.29, 1.82) is 0 Å². The summed E-state index contributed by atoms with van der Waals surface area (Å²) in [6.45, 7) is 4.30. The molecule has 2 aromatic rings. The highest BCUT2D eigenvalue weighted by molar-refractivity contribution is 9.10. The summed E-state index contributed by atoms with van der Waals surface area (Å²) in [5.41, 5.74) is 3.13. The Kier molecular flexibility index (Phi) is 2.24. The van der Waals surface area contributed by atoms with E-state index in [0.717, 1.165) is 33.1 Å². The number of hydrogen-bond donors (Lipinski definition) is 1. The third-order valence-corrected chi connectivity index (χ3v) is 3.90. The van der Waals surface area contributed by atoms with Crippen molar-refractivity contribution in [3.8, 4) is 0 Å². The second-order valence-corrected chi connectivity index (χ2v) is 6.53. The molecule has 0 radical (unpaired) electrons. The number of aromatic nitrogens is 1. The lowest BCUT2D eigenvalue weighted by atomic mass is 9.76. The quantitative estimate of drug-likeness (QED) is 0.779. The topological polar surface area (TPSA) is 32.9 Å². The number of carbonyl (C=O) groups is 1. The van der Waals surface area contributed by atoms with E-state index in [9.17, 15) is 4.79 Å². The standard InChI is InChI=1S/C14H14BrNO/c1-14(2)6-11-13(12(17)7-14)9-5-8(15)3-4-10(9)16-11/h3-5,16H,6-7H2,1-2H3. The number of Topliss-reactive ketones (excluding diaryl/α,β-unsaturated/α-hetero) is 1. The molecule has 0 spiro atoms. The Balaban J connectivity index is 2.29. The van der Waals surface area contributed by atoms with Gasteiger partial charge in [-0.3, -0.25) is 4.79 Å². The van der Waals surface area contributed by atoms with E-state index in [1.807, 2.05) is 18.2 Å². The number of fused-ring (bicyclic) bond motifs is 3. The summed E-state index contributed by atoms with van der Waals surface area (Å²) in [6, 6.07) is 6.05. The van der Waals surface area contributed by atoms with Gasteiger partial charge < -0.3 is 4.98 Å². The van der Waals surface area contributed by atoms with Crippen molar-refractivity contribution in [3.63, 3.8) is 0 Å². The Bertz CT molecular complexity index is 624. The largest absolute Gasteiger partial charge is 0.358 e. The van der Waals surface area contributed by atoms with E-state index in [1.54, 1.807) is 0 Å². The number of ketones is 1. The van der Waals surface area contributed by atoms with Crippen LogP contribution in [0.2, 0.25) is 0 Å². The van der Waals surface area contributed by atoms with Crippen LogP contribution in [0.3, 0.4) is 0 Å². The molecule has 1 aromatic heterocycles. The first kappa shape index (κ1) is 11.0. The molecule has 0 bridgehead atoms. The predicted octanol–water partition coefficient (Wildman–Crippen LogP) is 4.09. The third kappa shape index (κ3) is 1.73. The van der Waals surface area contributed by atoms with Gasteiger partial charge in [-0.15, -0.1) is 0 Å². The minimum atomic E-state index is 0.0716. The predicted molar refractivity (Wildman–Crippen MR) is 72.4 cm³/mol. The highest BCUT2D eigenvalue weighted by atomic mass is 79.9. The van der Waals surface area contributed by atoms with Gasteiger partial charge in [0.05, 0.1) is 0 Å². The summed E-state index contributed by atoms with van der Waals surface area (Å²) in [7, 11) is 0. The molecule has 0 saturated carbocycles. The third-order valence-electron chi connectivity index (χ3n) is 3.41. The van der Waals surface area contributed by atoms with Crippen molar-refractivity contribution < 1.29 is 4.79 Å². The van der Waals surface area contributed by atoms with Gasteiger partial charge in [0.25, 0.3) is 0 Å². The van der Waals surface area contributed by atoms with E-state index in [-0.39, 0.29) is 11.2 Å². The second kappa shape index (κ2) is 3.45. The molecular weight excluding hydrogens is 278 g/mol. The number of H-pyrrole nitrogens is 1. The summed E-state index contributed by atoms with van der Waals surface area (Å²) in [5.74, 6) is 0.264. The lowest BCUT2D eigenvalue weighted by Crippen LogP contribution is -2.26. The van der Waals surface area contributed by atoms with Gasteiger partial charge in [-0.2, -0.15) is 0 Å². The van der Waals surface area contributed by atoms with E-state index >= 15 is 0 Å². The smallest absolute Gasteiger partial charge is 0.165 e. The number of halogens is 1. The molecular formula is C14H14BrNO. The average molecular weight is 292 g/mol. The van der Waals surface area contributed by atoms with Gasteiger partial charge in [-0.25, -0.2) is 0 Å². The van der Waals surface area contributed by atoms with Crippen LogP contribution in [0.25, 0.3) is 10.9 Å². The van der Waals surface area contributed by atoms with Gasteiger partial charge in [0.1, 0.15) is 0 Å². The molecule has 0 unspecified atom stereocenters. The van der Waals surface area contributed by atoms with E-state index in [1.165, 1.54) is 0 Å². The highest BCUT2D eigenvalue weighted by Gasteiger charge is 2.33. The number of carbonyl (C=O) groups excluding carboxylic acids is 1. The fourth-order valence-corrected chi connectivity index (χ4v) is 3.10. The molecule has 1 aliphatic rings. The van der Waals surface area contributed by atoms with Gasteiger partial charge >= 0.3 is 0 Å². The van der Waals surface area contributed by atoms with Crippen molar-refractivity contribution in [2.24, 2.45) is 5.41 Å². The maximum atomic E-state index is 12.3. The van der Waals surface area contributed by atoms with Crippen LogP contribution in [-0.2, 0) is 6.42 Å². The maximum Gasteiger partial charge on any atom is 0.165 e. The Morgan fingerprint density at radius 2 is 2.06 bits per heavy atom. The Labute approximate surface area is 109 Å². The van der Waals surface area contributed by atoms with Crippen LogP contribution in [0.4, 0.5) is 0 Å². The maximum absolute atomic E-state index is 12.3. The first-order valence-corrected chi connectivity index (χ1v) is 6.59. The van der Waals surface area contributed by atoms with Crippen molar-refractivity contribution in [2.75, 3.05) is 0 Å². The van der Waals surface area contributed by atoms with Crippen LogP contribution in [0.15, 0.2) is 22.7 Å². The average Bonchev–Trinajstić information content (AvgIpc) is 2.52. The normalized spacial score (nSPS) is 18.4. The zero-order valence-electron chi connectivity index (χ0n) is 9.93. The van der Waals surface area contributed by atoms with Crippen LogP contribution in [0.5, 0.6) is 0 Å². The van der Waals surface area contributed by atoms with Crippen molar-refractivity contribution >= 4 is 32.6 Å². The molecule has 3 rings (SSSR count). The molecule has 1 aliphatic carbocycles. The molecule has 0 amide bonds. The van der Waals surface area contributed by atoms with Crippen LogP contribution < -0.4 is 0 Å². The fraction of sp³-hybridized carbons (Fsp3) is 0.357. The lowest BCUT2D eigenvalue weighted by molar-refractivity contribution is 0.0913. The van der Waals surface area contributed by atoms with Crippen LogP contribution in [0.1, 0.15) is 36.3 Å². The summed E-state index contributed by atoms with van der Waals surface area (Å²) in [5, 5.41) is 1.05. The van der Waals surface area contributed by atoms with E-state index in [0.29, 0.717) is 6.42 Å². The van der Waals surface area contributed by atoms with E-state index in [2.05, 4.69) is 34.8 Å². The molecule has 17 heavy (non-hydrogen) atoms. The number of rotatable bonds is 0. The zero-order chi connectivity index (χ0) is 12.2. The van der Waals surface area contributed by atoms with Gasteiger partial charge in [0.2, 0.25) is 0 Å². The summed E-state index contributed by atoms with van der Waals surface area (Å²) >= 11 is 3.46. The zero-order valence-corrected chi connectivity index (χ0v) is 11.5.